The molecule has 4 rings (SSSR count). The zero-order valence-corrected chi connectivity index (χ0v) is 18.7. The maximum absolute atomic E-state index is 6.04. The van der Waals surface area contributed by atoms with Crippen molar-refractivity contribution in [3.05, 3.63) is 65.5 Å². The lowest BCUT2D eigenvalue weighted by Crippen LogP contribution is -2.30. The number of thiazole rings is 1. The van der Waals surface area contributed by atoms with Gasteiger partial charge in [0.15, 0.2) is 0 Å². The average Bonchev–Trinajstić information content (AvgIpc) is 3.30. The largest absolute Gasteiger partial charge is 0.493 e. The van der Waals surface area contributed by atoms with Gasteiger partial charge in [0.05, 0.1) is 18.5 Å². The van der Waals surface area contributed by atoms with Crippen LogP contribution in [0.4, 0.5) is 5.13 Å². The number of likely N-dealkylation sites (tertiary alicyclic amines) is 1. The van der Waals surface area contributed by atoms with Gasteiger partial charge in [0.25, 0.3) is 0 Å². The summed E-state index contributed by atoms with van der Waals surface area (Å²) in [4.78, 5) is 7.18. The molecule has 1 saturated heterocycles. The monoisotopic (exact) mass is 434 g/mol. The van der Waals surface area contributed by atoms with E-state index in [4.69, 9.17) is 4.74 Å². The van der Waals surface area contributed by atoms with Crippen molar-refractivity contribution in [2.75, 3.05) is 31.7 Å². The molecule has 0 atom stereocenters. The van der Waals surface area contributed by atoms with Crippen molar-refractivity contribution in [3.8, 4) is 17.0 Å². The third-order valence-electron chi connectivity index (χ3n) is 5.43. The normalized spacial score (nSPS) is 14.7. The fourth-order valence-corrected chi connectivity index (χ4v) is 4.41. The predicted octanol–water partition coefficient (Wildman–Crippen LogP) is 5.90. The molecule has 1 aliphatic rings. The summed E-state index contributed by atoms with van der Waals surface area (Å²) >= 11 is 1.54. The fraction of sp³-hybridized carbons (Fsp3) is 0.360. The molecule has 1 aromatic heterocycles. The summed E-state index contributed by atoms with van der Waals surface area (Å²) in [5.41, 5.74) is 6.06. The molecule has 2 aromatic carbocycles. The highest BCUT2D eigenvalue weighted by atomic mass is 32.1. The molecule has 5 nitrogen and oxygen atoms in total. The molecule has 31 heavy (non-hydrogen) atoms. The van der Waals surface area contributed by atoms with Crippen LogP contribution in [-0.2, 0) is 0 Å². The van der Waals surface area contributed by atoms with E-state index < -0.39 is 0 Å². The standard InChI is InChI=1S/C25H30N4OS/c1-3-11-21(12-4-1)23-20-31-25(27-23)28-26-19-22-13-5-6-14-24(22)30-18-10-9-17-29-15-7-2-8-16-29/h1,3-6,11-14,19-20H,2,7-10,15-18H2,(H,27,28). The lowest BCUT2D eigenvalue weighted by atomic mass is 10.1. The van der Waals surface area contributed by atoms with Gasteiger partial charge in [-0.1, -0.05) is 48.9 Å². The number of anilines is 1. The summed E-state index contributed by atoms with van der Waals surface area (Å²) in [6.07, 6.45) is 8.15. The van der Waals surface area contributed by atoms with Crippen molar-refractivity contribution >= 4 is 22.7 Å². The topological polar surface area (TPSA) is 49.8 Å². The predicted molar refractivity (Wildman–Crippen MR) is 130 cm³/mol. The molecule has 162 valence electrons. The number of rotatable bonds is 10. The van der Waals surface area contributed by atoms with Gasteiger partial charge in [-0.15, -0.1) is 11.3 Å². The lowest BCUT2D eigenvalue weighted by molar-refractivity contribution is 0.216. The second-order valence-electron chi connectivity index (χ2n) is 7.77. The first kappa shape index (κ1) is 21.5. The number of hydrogen-bond acceptors (Lipinski definition) is 6. The Balaban J connectivity index is 1.24. The van der Waals surface area contributed by atoms with E-state index in [2.05, 4.69) is 32.5 Å². The van der Waals surface area contributed by atoms with E-state index in [-0.39, 0.29) is 0 Å². The van der Waals surface area contributed by atoms with E-state index in [0.717, 1.165) is 40.7 Å². The summed E-state index contributed by atoms with van der Waals surface area (Å²) in [6.45, 7) is 4.45. The zero-order chi connectivity index (χ0) is 21.1. The second-order valence-corrected chi connectivity index (χ2v) is 8.63. The van der Waals surface area contributed by atoms with E-state index in [1.807, 2.05) is 47.8 Å². The Morgan fingerprint density at radius 3 is 2.68 bits per heavy atom. The van der Waals surface area contributed by atoms with Gasteiger partial charge >= 0.3 is 0 Å². The molecule has 0 amide bonds. The van der Waals surface area contributed by atoms with Crippen molar-refractivity contribution in [1.82, 2.24) is 9.88 Å². The third-order valence-corrected chi connectivity index (χ3v) is 6.18. The molecule has 3 aromatic rings. The average molecular weight is 435 g/mol. The number of para-hydroxylation sites is 1. The van der Waals surface area contributed by atoms with Crippen LogP contribution in [0.2, 0.25) is 0 Å². The summed E-state index contributed by atoms with van der Waals surface area (Å²) < 4.78 is 6.04. The van der Waals surface area contributed by atoms with E-state index >= 15 is 0 Å². The van der Waals surface area contributed by atoms with Crippen LogP contribution >= 0.6 is 11.3 Å². The molecular weight excluding hydrogens is 404 g/mol. The Kier molecular flexibility index (Phi) is 8.07. The van der Waals surface area contributed by atoms with Gasteiger partial charge in [0, 0.05) is 16.5 Å². The van der Waals surface area contributed by atoms with Crippen LogP contribution < -0.4 is 10.2 Å². The Morgan fingerprint density at radius 2 is 1.81 bits per heavy atom. The quantitative estimate of drug-likeness (QED) is 0.245. The van der Waals surface area contributed by atoms with Crippen molar-refractivity contribution in [2.45, 2.75) is 32.1 Å². The van der Waals surface area contributed by atoms with Crippen molar-refractivity contribution in [3.63, 3.8) is 0 Å². The maximum atomic E-state index is 6.04. The van der Waals surface area contributed by atoms with Crippen molar-refractivity contribution < 1.29 is 4.74 Å². The first-order valence-corrected chi connectivity index (χ1v) is 12.0. The van der Waals surface area contributed by atoms with E-state index in [1.54, 1.807) is 17.6 Å². The Labute approximate surface area is 188 Å². The van der Waals surface area contributed by atoms with Gasteiger partial charge in [-0.2, -0.15) is 5.10 Å². The van der Waals surface area contributed by atoms with Crippen molar-refractivity contribution in [2.24, 2.45) is 5.10 Å². The Hall–Kier alpha value is -2.70. The highest BCUT2D eigenvalue weighted by Crippen LogP contribution is 2.24. The van der Waals surface area contributed by atoms with Crippen molar-refractivity contribution in [1.29, 1.82) is 0 Å². The number of piperidine rings is 1. The number of benzene rings is 2. The number of unbranched alkanes of at least 4 members (excludes halogenated alkanes) is 1. The van der Waals surface area contributed by atoms with Gasteiger partial charge in [-0.05, 0) is 57.5 Å². The van der Waals surface area contributed by atoms with Gasteiger partial charge in [-0.25, -0.2) is 4.98 Å². The maximum Gasteiger partial charge on any atom is 0.203 e. The minimum atomic E-state index is 0.735. The molecule has 0 radical (unpaired) electrons. The van der Waals surface area contributed by atoms with Crippen LogP contribution in [0, 0.1) is 0 Å². The Bertz CT molecular complexity index is 951. The highest BCUT2D eigenvalue weighted by Gasteiger charge is 2.09. The molecule has 2 heterocycles. The van der Waals surface area contributed by atoms with Crippen LogP contribution in [0.1, 0.15) is 37.7 Å². The molecule has 0 saturated carbocycles. The Morgan fingerprint density at radius 1 is 1.00 bits per heavy atom. The molecule has 1 aliphatic heterocycles. The molecule has 1 fully saturated rings. The SMILES string of the molecule is C(=NNc1nc(-c2ccccc2)cs1)c1ccccc1OCCCCN1CCCCC1. The fourth-order valence-electron chi connectivity index (χ4n) is 3.74. The molecular formula is C25H30N4OS. The third kappa shape index (κ3) is 6.64. The molecule has 6 heteroatoms. The minimum Gasteiger partial charge on any atom is -0.493 e. The summed E-state index contributed by atoms with van der Waals surface area (Å²) in [6, 6.07) is 18.2. The lowest BCUT2D eigenvalue weighted by Gasteiger charge is -2.26. The number of nitrogens with zero attached hydrogens (tertiary/aromatic N) is 3. The highest BCUT2D eigenvalue weighted by molar-refractivity contribution is 7.14. The van der Waals surface area contributed by atoms with Gasteiger partial charge in [0.2, 0.25) is 5.13 Å². The number of hydrogen-bond donors (Lipinski definition) is 1. The first-order valence-electron chi connectivity index (χ1n) is 11.1. The van der Waals surface area contributed by atoms with E-state index in [0.29, 0.717) is 0 Å². The van der Waals surface area contributed by atoms with Crippen LogP contribution in [0.15, 0.2) is 65.1 Å². The first-order chi connectivity index (χ1) is 15.4. The number of hydrazone groups is 1. The summed E-state index contributed by atoms with van der Waals surface area (Å²) in [5.74, 6) is 0.870. The van der Waals surface area contributed by atoms with Gasteiger partial charge in [0.1, 0.15) is 5.75 Å². The zero-order valence-electron chi connectivity index (χ0n) is 17.9. The van der Waals surface area contributed by atoms with E-state index in [9.17, 15) is 0 Å². The van der Waals surface area contributed by atoms with Gasteiger partial charge < -0.3 is 9.64 Å². The molecule has 1 N–H and O–H groups in total. The molecule has 0 spiro atoms. The second kappa shape index (κ2) is 11.6. The van der Waals surface area contributed by atoms with Crippen LogP contribution in [0.5, 0.6) is 5.75 Å². The number of nitrogens with one attached hydrogen (secondary N) is 1. The van der Waals surface area contributed by atoms with Crippen LogP contribution in [-0.4, -0.2) is 42.3 Å². The minimum absolute atomic E-state index is 0.735. The smallest absolute Gasteiger partial charge is 0.203 e. The van der Waals surface area contributed by atoms with Crippen LogP contribution in [0.3, 0.4) is 0 Å². The molecule has 0 bridgehead atoms. The van der Waals surface area contributed by atoms with Crippen LogP contribution in [0.25, 0.3) is 11.3 Å². The molecule has 0 aliphatic carbocycles. The van der Waals surface area contributed by atoms with Gasteiger partial charge in [-0.3, -0.25) is 5.43 Å². The van der Waals surface area contributed by atoms with E-state index in [1.165, 1.54) is 45.3 Å². The number of aromatic nitrogens is 1. The summed E-state index contributed by atoms with van der Waals surface area (Å²) in [5, 5.41) is 7.18. The summed E-state index contributed by atoms with van der Waals surface area (Å²) in [7, 11) is 0. The molecule has 0 unspecified atom stereocenters. The number of ether oxygens (including phenoxy) is 1.